The van der Waals surface area contributed by atoms with E-state index in [-0.39, 0.29) is 17.0 Å². The minimum atomic E-state index is -3.53. The summed E-state index contributed by atoms with van der Waals surface area (Å²) in [5.41, 5.74) is 0.559. The summed E-state index contributed by atoms with van der Waals surface area (Å²) in [6.07, 6.45) is 0.715. The number of amides is 2. The van der Waals surface area contributed by atoms with Gasteiger partial charge >= 0.3 is 6.03 Å². The lowest BCUT2D eigenvalue weighted by atomic mass is 10.3. The largest absolute Gasteiger partial charge is 0.378 e. The maximum Gasteiger partial charge on any atom is 0.321 e. The van der Waals surface area contributed by atoms with Crippen molar-refractivity contribution in [2.45, 2.75) is 31.2 Å². The fraction of sp³-hybridized carbons (Fsp3) is 0.533. The molecule has 1 unspecified atom stereocenters. The number of anilines is 1. The van der Waals surface area contributed by atoms with Gasteiger partial charge < -0.3 is 15.0 Å². The van der Waals surface area contributed by atoms with E-state index in [4.69, 9.17) is 4.74 Å². The Bertz CT molecular complexity index is 625. The highest BCUT2D eigenvalue weighted by atomic mass is 32.2. The number of sulfonamides is 1. The zero-order valence-corrected chi connectivity index (χ0v) is 14.2. The number of morpholine rings is 1. The highest BCUT2D eigenvalue weighted by molar-refractivity contribution is 7.89. The Morgan fingerprint density at radius 1 is 1.26 bits per heavy atom. The molecule has 2 rings (SSSR count). The van der Waals surface area contributed by atoms with E-state index in [1.54, 1.807) is 17.0 Å². The van der Waals surface area contributed by atoms with Crippen LogP contribution in [0.15, 0.2) is 29.2 Å². The van der Waals surface area contributed by atoms with Gasteiger partial charge in [-0.1, -0.05) is 6.92 Å². The number of ether oxygens (including phenoxy) is 1. The molecule has 1 aromatic carbocycles. The molecule has 1 saturated heterocycles. The van der Waals surface area contributed by atoms with Gasteiger partial charge in [0.25, 0.3) is 0 Å². The Balaban J connectivity index is 2.00. The topological polar surface area (TPSA) is 87.7 Å². The molecule has 1 aliphatic rings. The van der Waals surface area contributed by atoms with Gasteiger partial charge in [-0.25, -0.2) is 17.9 Å². The number of carbonyl (C=O) groups excluding carboxylic acids is 1. The fourth-order valence-electron chi connectivity index (χ4n) is 2.10. The van der Waals surface area contributed by atoms with Crippen LogP contribution < -0.4 is 10.0 Å². The molecule has 1 atom stereocenters. The Labute approximate surface area is 137 Å². The molecule has 1 aliphatic heterocycles. The second-order valence-electron chi connectivity index (χ2n) is 5.48. The molecule has 0 bridgehead atoms. The van der Waals surface area contributed by atoms with Gasteiger partial charge in [-0.05, 0) is 37.6 Å². The number of benzene rings is 1. The highest BCUT2D eigenvalue weighted by Gasteiger charge is 2.18. The van der Waals surface area contributed by atoms with Crippen LogP contribution in [-0.2, 0) is 14.8 Å². The lowest BCUT2D eigenvalue weighted by molar-refractivity contribution is 0.0564. The third kappa shape index (κ3) is 4.92. The standard InChI is InChI=1S/C15H23N3O4S/c1-3-12(2)17-23(20,21)14-6-4-13(5-7-14)16-15(19)18-8-10-22-11-9-18/h4-7,12,17H,3,8-11H2,1-2H3,(H,16,19). The quantitative estimate of drug-likeness (QED) is 0.852. The second kappa shape index (κ2) is 7.76. The SMILES string of the molecule is CCC(C)NS(=O)(=O)c1ccc(NC(=O)N2CCOCC2)cc1. The summed E-state index contributed by atoms with van der Waals surface area (Å²) in [4.78, 5) is 13.9. The average Bonchev–Trinajstić information content (AvgIpc) is 2.55. The third-order valence-corrected chi connectivity index (χ3v) is 5.29. The molecule has 2 amide bonds. The summed E-state index contributed by atoms with van der Waals surface area (Å²) in [6.45, 7) is 5.90. The molecule has 0 radical (unpaired) electrons. The number of urea groups is 1. The molecular formula is C15H23N3O4S. The Morgan fingerprint density at radius 2 is 1.87 bits per heavy atom. The number of hydrogen-bond donors (Lipinski definition) is 2. The summed E-state index contributed by atoms with van der Waals surface area (Å²) in [5, 5.41) is 2.76. The smallest absolute Gasteiger partial charge is 0.321 e. The first-order valence-electron chi connectivity index (χ1n) is 7.68. The van der Waals surface area contributed by atoms with Crippen molar-refractivity contribution in [3.05, 3.63) is 24.3 Å². The van der Waals surface area contributed by atoms with E-state index >= 15 is 0 Å². The lowest BCUT2D eigenvalue weighted by Gasteiger charge is -2.26. The minimum absolute atomic E-state index is 0.124. The van der Waals surface area contributed by atoms with Gasteiger partial charge in [0.05, 0.1) is 18.1 Å². The number of nitrogens with one attached hydrogen (secondary N) is 2. The summed E-state index contributed by atoms with van der Waals surface area (Å²) in [5.74, 6) is 0. The second-order valence-corrected chi connectivity index (χ2v) is 7.20. The minimum Gasteiger partial charge on any atom is -0.378 e. The van der Waals surface area contributed by atoms with Crippen molar-refractivity contribution in [2.75, 3.05) is 31.6 Å². The fourth-order valence-corrected chi connectivity index (χ4v) is 3.43. The maximum absolute atomic E-state index is 12.2. The molecule has 8 heteroatoms. The Morgan fingerprint density at radius 3 is 2.43 bits per heavy atom. The van der Waals surface area contributed by atoms with Gasteiger partial charge in [0, 0.05) is 24.8 Å². The van der Waals surface area contributed by atoms with E-state index in [1.807, 2.05) is 13.8 Å². The van der Waals surface area contributed by atoms with Crippen molar-refractivity contribution < 1.29 is 17.9 Å². The predicted molar refractivity (Wildman–Crippen MR) is 87.9 cm³/mol. The third-order valence-electron chi connectivity index (χ3n) is 3.68. The van der Waals surface area contributed by atoms with Crippen molar-refractivity contribution in [1.82, 2.24) is 9.62 Å². The van der Waals surface area contributed by atoms with Crippen LogP contribution in [0.4, 0.5) is 10.5 Å². The van der Waals surface area contributed by atoms with E-state index in [0.717, 1.165) is 0 Å². The number of carbonyl (C=O) groups is 1. The van der Waals surface area contributed by atoms with Crippen LogP contribution >= 0.6 is 0 Å². The van der Waals surface area contributed by atoms with Crippen molar-refractivity contribution in [1.29, 1.82) is 0 Å². The summed E-state index contributed by atoms with van der Waals surface area (Å²) < 4.78 is 32.1. The average molecular weight is 341 g/mol. The summed E-state index contributed by atoms with van der Waals surface area (Å²) >= 11 is 0. The zero-order chi connectivity index (χ0) is 16.9. The molecule has 0 aromatic heterocycles. The van der Waals surface area contributed by atoms with E-state index in [0.29, 0.717) is 38.4 Å². The van der Waals surface area contributed by atoms with Crippen LogP contribution in [0.2, 0.25) is 0 Å². The molecule has 0 spiro atoms. The van der Waals surface area contributed by atoms with Gasteiger partial charge in [0.15, 0.2) is 0 Å². The number of hydrogen-bond acceptors (Lipinski definition) is 4. The van der Waals surface area contributed by atoms with Gasteiger partial charge in [0.1, 0.15) is 0 Å². The molecule has 1 aromatic rings. The van der Waals surface area contributed by atoms with Crippen LogP contribution in [0.3, 0.4) is 0 Å². The van der Waals surface area contributed by atoms with Crippen molar-refractivity contribution >= 4 is 21.7 Å². The predicted octanol–water partition coefficient (Wildman–Crippen LogP) is 1.63. The maximum atomic E-state index is 12.2. The number of rotatable bonds is 5. The van der Waals surface area contributed by atoms with Crippen LogP contribution in [0.25, 0.3) is 0 Å². The highest BCUT2D eigenvalue weighted by Crippen LogP contribution is 2.15. The summed E-state index contributed by atoms with van der Waals surface area (Å²) in [6, 6.07) is 5.81. The molecular weight excluding hydrogens is 318 g/mol. The van der Waals surface area contributed by atoms with Crippen molar-refractivity contribution in [3.8, 4) is 0 Å². The van der Waals surface area contributed by atoms with E-state index in [2.05, 4.69) is 10.0 Å². The normalized spacial score (nSPS) is 16.9. The summed E-state index contributed by atoms with van der Waals surface area (Å²) in [7, 11) is -3.53. The first-order valence-corrected chi connectivity index (χ1v) is 9.17. The molecule has 2 N–H and O–H groups in total. The van der Waals surface area contributed by atoms with E-state index < -0.39 is 10.0 Å². The van der Waals surface area contributed by atoms with Gasteiger partial charge in [-0.3, -0.25) is 0 Å². The Hall–Kier alpha value is -1.64. The monoisotopic (exact) mass is 341 g/mol. The van der Waals surface area contributed by atoms with E-state index in [9.17, 15) is 13.2 Å². The number of nitrogens with zero attached hydrogens (tertiary/aromatic N) is 1. The zero-order valence-electron chi connectivity index (χ0n) is 13.4. The molecule has 7 nitrogen and oxygen atoms in total. The molecule has 0 aliphatic carbocycles. The van der Waals surface area contributed by atoms with Crippen molar-refractivity contribution in [2.24, 2.45) is 0 Å². The molecule has 1 heterocycles. The van der Waals surface area contributed by atoms with Gasteiger partial charge in [-0.15, -0.1) is 0 Å². The van der Waals surface area contributed by atoms with Gasteiger partial charge in [0.2, 0.25) is 10.0 Å². The van der Waals surface area contributed by atoms with Gasteiger partial charge in [-0.2, -0.15) is 0 Å². The van der Waals surface area contributed by atoms with Crippen LogP contribution in [0.1, 0.15) is 20.3 Å². The molecule has 0 saturated carbocycles. The molecule has 23 heavy (non-hydrogen) atoms. The first kappa shape index (κ1) is 17.7. The van der Waals surface area contributed by atoms with Crippen molar-refractivity contribution in [3.63, 3.8) is 0 Å². The van der Waals surface area contributed by atoms with Crippen LogP contribution in [0.5, 0.6) is 0 Å². The first-order chi connectivity index (χ1) is 10.9. The Kier molecular flexibility index (Phi) is 5.97. The molecule has 1 fully saturated rings. The van der Waals surface area contributed by atoms with Crippen LogP contribution in [-0.4, -0.2) is 51.7 Å². The van der Waals surface area contributed by atoms with Crippen LogP contribution in [0, 0.1) is 0 Å². The molecule has 128 valence electrons. The van der Waals surface area contributed by atoms with E-state index in [1.165, 1.54) is 12.1 Å². The lowest BCUT2D eigenvalue weighted by Crippen LogP contribution is -2.43.